The number of imidazole rings is 1. The number of aromatic nitrogens is 2. The lowest BCUT2D eigenvalue weighted by atomic mass is 10.2. The van der Waals surface area contributed by atoms with E-state index in [1.165, 1.54) is 5.69 Å². The highest BCUT2D eigenvalue weighted by molar-refractivity contribution is 5.06. The molecule has 0 spiro atoms. The van der Waals surface area contributed by atoms with Gasteiger partial charge in [0, 0.05) is 30.9 Å². The molecule has 0 saturated heterocycles. The maximum Gasteiger partial charge on any atom is 0.0948 e. The fourth-order valence-electron chi connectivity index (χ4n) is 1.27. The van der Waals surface area contributed by atoms with Crippen LogP contribution in [0.4, 0.5) is 0 Å². The molecule has 0 bridgehead atoms. The third kappa shape index (κ3) is 0.650. The number of fused-ring (bicyclic) bond motifs is 1. The molecule has 0 aliphatic carbocycles. The first-order valence-corrected chi connectivity index (χ1v) is 3.11. The van der Waals surface area contributed by atoms with Gasteiger partial charge in [0.25, 0.3) is 0 Å². The molecule has 3 heteroatoms. The summed E-state index contributed by atoms with van der Waals surface area (Å²) in [7, 11) is 0. The van der Waals surface area contributed by atoms with Crippen LogP contribution in [0.25, 0.3) is 0 Å². The molecule has 9 heavy (non-hydrogen) atoms. The Hall–Kier alpha value is -0.830. The van der Waals surface area contributed by atoms with Crippen LogP contribution in [0, 0.1) is 0 Å². The first-order valence-electron chi connectivity index (χ1n) is 3.11. The Labute approximate surface area is 53.5 Å². The molecule has 0 amide bonds. The fraction of sp³-hybridized carbons (Fsp3) is 0.500. The van der Waals surface area contributed by atoms with E-state index in [0.717, 1.165) is 13.0 Å². The fourth-order valence-corrected chi connectivity index (χ4v) is 1.27. The van der Waals surface area contributed by atoms with Gasteiger partial charge in [-0.25, -0.2) is 4.98 Å². The molecule has 3 nitrogen and oxygen atoms in total. The highest BCUT2D eigenvalue weighted by Crippen LogP contribution is 2.10. The summed E-state index contributed by atoms with van der Waals surface area (Å²) >= 11 is 0. The Bertz CT molecular complexity index is 195. The summed E-state index contributed by atoms with van der Waals surface area (Å²) in [6.07, 6.45) is 4.70. The maximum absolute atomic E-state index is 5.68. The van der Waals surface area contributed by atoms with E-state index in [4.69, 9.17) is 5.73 Å². The Morgan fingerprint density at radius 3 is 3.44 bits per heavy atom. The first kappa shape index (κ1) is 4.99. The average Bonchev–Trinajstić information content (AvgIpc) is 2.22. The van der Waals surface area contributed by atoms with Crippen molar-refractivity contribution in [3.05, 3.63) is 18.2 Å². The van der Waals surface area contributed by atoms with Crippen molar-refractivity contribution in [1.29, 1.82) is 0 Å². The zero-order valence-corrected chi connectivity index (χ0v) is 5.12. The number of nitrogens with zero attached hydrogens (tertiary/aromatic N) is 2. The lowest BCUT2D eigenvalue weighted by Crippen LogP contribution is -2.20. The molecule has 1 aromatic rings. The van der Waals surface area contributed by atoms with Crippen LogP contribution in [0.2, 0.25) is 0 Å². The minimum atomic E-state index is 0.322. The summed E-state index contributed by atoms with van der Waals surface area (Å²) in [4.78, 5) is 3.99. The molecular weight excluding hydrogens is 114 g/mol. The van der Waals surface area contributed by atoms with Crippen molar-refractivity contribution in [2.45, 2.75) is 19.0 Å². The van der Waals surface area contributed by atoms with Crippen molar-refractivity contribution in [1.82, 2.24) is 9.55 Å². The van der Waals surface area contributed by atoms with Crippen molar-refractivity contribution < 1.29 is 0 Å². The quantitative estimate of drug-likeness (QED) is 0.517. The van der Waals surface area contributed by atoms with Crippen LogP contribution in [0.1, 0.15) is 5.69 Å². The minimum Gasteiger partial charge on any atom is -0.333 e. The smallest absolute Gasteiger partial charge is 0.0948 e. The molecule has 0 unspecified atom stereocenters. The van der Waals surface area contributed by atoms with Gasteiger partial charge in [-0.05, 0) is 0 Å². The van der Waals surface area contributed by atoms with Gasteiger partial charge in [0.2, 0.25) is 0 Å². The topological polar surface area (TPSA) is 43.8 Å². The normalized spacial score (nSPS) is 24.3. The second kappa shape index (κ2) is 1.57. The number of hydrogen-bond donors (Lipinski definition) is 1. The second-order valence-electron chi connectivity index (χ2n) is 2.50. The summed E-state index contributed by atoms with van der Waals surface area (Å²) in [5.41, 5.74) is 6.95. The van der Waals surface area contributed by atoms with Crippen LogP contribution in [-0.2, 0) is 13.0 Å². The highest BCUT2D eigenvalue weighted by atomic mass is 15.1. The van der Waals surface area contributed by atoms with E-state index in [-0.39, 0.29) is 0 Å². The van der Waals surface area contributed by atoms with Crippen LogP contribution in [0.5, 0.6) is 0 Å². The lowest BCUT2D eigenvalue weighted by molar-refractivity contribution is 0.636. The summed E-state index contributed by atoms with van der Waals surface area (Å²) in [6.45, 7) is 0.940. The van der Waals surface area contributed by atoms with Crippen LogP contribution in [0.15, 0.2) is 12.5 Å². The minimum absolute atomic E-state index is 0.322. The second-order valence-corrected chi connectivity index (χ2v) is 2.50. The van der Waals surface area contributed by atoms with Gasteiger partial charge in [-0.1, -0.05) is 0 Å². The van der Waals surface area contributed by atoms with Gasteiger partial charge in [0.15, 0.2) is 0 Å². The van der Waals surface area contributed by atoms with Crippen LogP contribution in [-0.4, -0.2) is 15.6 Å². The van der Waals surface area contributed by atoms with E-state index in [9.17, 15) is 0 Å². The average molecular weight is 123 g/mol. The van der Waals surface area contributed by atoms with Gasteiger partial charge >= 0.3 is 0 Å². The molecule has 0 fully saturated rings. The molecule has 2 rings (SSSR count). The molecule has 1 aliphatic heterocycles. The van der Waals surface area contributed by atoms with E-state index in [0.29, 0.717) is 6.04 Å². The molecule has 48 valence electrons. The third-order valence-corrected chi connectivity index (χ3v) is 1.70. The van der Waals surface area contributed by atoms with Crippen molar-refractivity contribution in [2.75, 3.05) is 0 Å². The van der Waals surface area contributed by atoms with E-state index >= 15 is 0 Å². The number of rotatable bonds is 0. The van der Waals surface area contributed by atoms with Gasteiger partial charge in [-0.3, -0.25) is 0 Å². The van der Waals surface area contributed by atoms with Crippen molar-refractivity contribution in [3.8, 4) is 0 Å². The Morgan fingerprint density at radius 1 is 1.78 bits per heavy atom. The van der Waals surface area contributed by atoms with Gasteiger partial charge in [0.05, 0.1) is 6.33 Å². The molecule has 1 atom stereocenters. The largest absolute Gasteiger partial charge is 0.333 e. The standard InChI is InChI=1S/C6H9N3/c7-5-1-6-2-8-4-9(6)3-5/h2,4-5H,1,3,7H2/t5-/m1/s1. The molecule has 1 aromatic heterocycles. The van der Waals surface area contributed by atoms with Crippen LogP contribution >= 0.6 is 0 Å². The molecule has 2 N–H and O–H groups in total. The van der Waals surface area contributed by atoms with Gasteiger partial charge in [0.1, 0.15) is 0 Å². The van der Waals surface area contributed by atoms with Crippen LogP contribution in [0.3, 0.4) is 0 Å². The summed E-state index contributed by atoms with van der Waals surface area (Å²) in [5, 5.41) is 0. The molecular formula is C6H9N3. The molecule has 1 aliphatic rings. The van der Waals surface area contributed by atoms with E-state index in [1.54, 1.807) is 0 Å². The first-order chi connectivity index (χ1) is 4.36. The molecule has 0 saturated carbocycles. The van der Waals surface area contributed by atoms with Gasteiger partial charge in [-0.2, -0.15) is 0 Å². The predicted molar refractivity (Wildman–Crippen MR) is 33.9 cm³/mol. The van der Waals surface area contributed by atoms with Crippen LogP contribution < -0.4 is 5.73 Å². The van der Waals surface area contributed by atoms with E-state index < -0.39 is 0 Å². The zero-order chi connectivity index (χ0) is 6.27. The molecule has 0 radical (unpaired) electrons. The van der Waals surface area contributed by atoms with Crippen molar-refractivity contribution in [2.24, 2.45) is 5.73 Å². The summed E-state index contributed by atoms with van der Waals surface area (Å²) < 4.78 is 2.10. The number of nitrogens with two attached hydrogens (primary N) is 1. The number of hydrogen-bond acceptors (Lipinski definition) is 2. The highest BCUT2D eigenvalue weighted by Gasteiger charge is 2.16. The van der Waals surface area contributed by atoms with E-state index in [1.807, 2.05) is 12.5 Å². The molecule has 0 aromatic carbocycles. The van der Waals surface area contributed by atoms with Crippen molar-refractivity contribution >= 4 is 0 Å². The van der Waals surface area contributed by atoms with Gasteiger partial charge < -0.3 is 10.3 Å². The Balaban J connectivity index is 2.39. The summed E-state index contributed by atoms with van der Waals surface area (Å²) in [5.74, 6) is 0. The van der Waals surface area contributed by atoms with E-state index in [2.05, 4.69) is 9.55 Å². The third-order valence-electron chi connectivity index (χ3n) is 1.70. The Morgan fingerprint density at radius 2 is 2.67 bits per heavy atom. The SMILES string of the molecule is N[C@@H]1Cc2cncn2C1. The van der Waals surface area contributed by atoms with Gasteiger partial charge in [-0.15, -0.1) is 0 Å². The van der Waals surface area contributed by atoms with Crippen molar-refractivity contribution in [3.63, 3.8) is 0 Å². The predicted octanol–water partition coefficient (Wildman–Crippen LogP) is -0.234. The lowest BCUT2D eigenvalue weighted by Gasteiger charge is -1.96. The summed E-state index contributed by atoms with van der Waals surface area (Å²) in [6, 6.07) is 0.322. The zero-order valence-electron chi connectivity index (χ0n) is 5.12. The monoisotopic (exact) mass is 123 g/mol. The maximum atomic E-state index is 5.68. The molecule has 2 heterocycles. The Kier molecular flexibility index (Phi) is 0.873.